The number of aryl methyl sites for hydroxylation is 1. The smallest absolute Gasteiger partial charge is 0.217 e. The predicted molar refractivity (Wildman–Crippen MR) is 64.1 cm³/mol. The number of aromatic nitrogens is 2. The van der Waals surface area contributed by atoms with Gasteiger partial charge in [0, 0.05) is 6.07 Å². The van der Waals surface area contributed by atoms with Crippen LogP contribution in [0.15, 0.2) is 36.4 Å². The molecule has 0 unspecified atom stereocenters. The summed E-state index contributed by atoms with van der Waals surface area (Å²) in [5.41, 5.74) is 1.98. The van der Waals surface area contributed by atoms with Gasteiger partial charge in [-0.3, -0.25) is 0 Å². The zero-order chi connectivity index (χ0) is 11.5. The summed E-state index contributed by atoms with van der Waals surface area (Å²) in [5, 5.41) is 4.43. The Labute approximate surface area is 95.7 Å². The van der Waals surface area contributed by atoms with Gasteiger partial charge in [0.25, 0.3) is 0 Å². The van der Waals surface area contributed by atoms with Crippen LogP contribution in [0, 0.1) is 6.92 Å². The molecule has 0 radical (unpaired) electrons. The zero-order valence-electron chi connectivity index (χ0n) is 9.84. The van der Waals surface area contributed by atoms with Gasteiger partial charge >= 0.3 is 0 Å². The highest BCUT2D eigenvalue weighted by Gasteiger charge is 2.09. The van der Waals surface area contributed by atoms with Gasteiger partial charge in [-0.1, -0.05) is 18.2 Å². The standard InChI is InChI=1S/C13H16N2O/c1-10(2)16-13-9-11(3)14-15(13)12-7-5-4-6-8-12/h4-10H,1-3H3. The Morgan fingerprint density at radius 2 is 1.88 bits per heavy atom. The Hall–Kier alpha value is -1.77. The minimum atomic E-state index is 0.151. The van der Waals surface area contributed by atoms with E-state index in [2.05, 4.69) is 5.10 Å². The van der Waals surface area contributed by atoms with Crippen molar-refractivity contribution in [1.82, 2.24) is 9.78 Å². The molecule has 0 bridgehead atoms. The zero-order valence-corrected chi connectivity index (χ0v) is 9.84. The van der Waals surface area contributed by atoms with Gasteiger partial charge in [-0.2, -0.15) is 5.10 Å². The number of para-hydroxylation sites is 1. The summed E-state index contributed by atoms with van der Waals surface area (Å²) >= 11 is 0. The van der Waals surface area contributed by atoms with Crippen LogP contribution in [0.5, 0.6) is 5.88 Å². The minimum absolute atomic E-state index is 0.151. The third kappa shape index (κ3) is 2.24. The lowest BCUT2D eigenvalue weighted by Crippen LogP contribution is -2.09. The molecule has 0 amide bonds. The fourth-order valence-electron chi connectivity index (χ4n) is 1.56. The van der Waals surface area contributed by atoms with Crippen LogP contribution in [0.2, 0.25) is 0 Å². The molecule has 0 fully saturated rings. The van der Waals surface area contributed by atoms with Gasteiger partial charge in [0.05, 0.1) is 17.5 Å². The molecule has 0 aliphatic heterocycles. The first-order chi connectivity index (χ1) is 7.66. The van der Waals surface area contributed by atoms with E-state index in [0.717, 1.165) is 17.3 Å². The van der Waals surface area contributed by atoms with Crippen molar-refractivity contribution in [2.24, 2.45) is 0 Å². The highest BCUT2D eigenvalue weighted by molar-refractivity contribution is 5.35. The molecule has 1 aromatic carbocycles. The Bertz CT molecular complexity index is 460. The molecule has 84 valence electrons. The first kappa shape index (κ1) is 10.7. The molecule has 0 atom stereocenters. The molecule has 0 N–H and O–H groups in total. The molecule has 0 aliphatic rings. The largest absolute Gasteiger partial charge is 0.475 e. The summed E-state index contributed by atoms with van der Waals surface area (Å²) in [6.45, 7) is 5.99. The van der Waals surface area contributed by atoms with E-state index in [1.807, 2.05) is 61.9 Å². The Morgan fingerprint density at radius 1 is 1.19 bits per heavy atom. The van der Waals surface area contributed by atoms with E-state index >= 15 is 0 Å². The number of hydrogen-bond donors (Lipinski definition) is 0. The first-order valence-electron chi connectivity index (χ1n) is 5.45. The second-order valence-electron chi connectivity index (χ2n) is 4.04. The average molecular weight is 216 g/mol. The van der Waals surface area contributed by atoms with Crippen LogP contribution in [-0.2, 0) is 0 Å². The number of rotatable bonds is 3. The van der Waals surface area contributed by atoms with Crippen LogP contribution in [0.25, 0.3) is 5.69 Å². The maximum Gasteiger partial charge on any atom is 0.217 e. The highest BCUT2D eigenvalue weighted by atomic mass is 16.5. The number of nitrogens with zero attached hydrogens (tertiary/aromatic N) is 2. The second kappa shape index (κ2) is 4.39. The van der Waals surface area contributed by atoms with E-state index < -0.39 is 0 Å². The molecule has 0 saturated heterocycles. The van der Waals surface area contributed by atoms with Gasteiger partial charge in [-0.25, -0.2) is 4.68 Å². The predicted octanol–water partition coefficient (Wildman–Crippen LogP) is 2.97. The lowest BCUT2D eigenvalue weighted by Gasteiger charge is -2.11. The lowest BCUT2D eigenvalue weighted by atomic mass is 10.3. The second-order valence-corrected chi connectivity index (χ2v) is 4.04. The lowest BCUT2D eigenvalue weighted by molar-refractivity contribution is 0.226. The monoisotopic (exact) mass is 216 g/mol. The molecule has 1 aromatic heterocycles. The molecule has 1 heterocycles. The normalized spacial score (nSPS) is 10.8. The average Bonchev–Trinajstić information content (AvgIpc) is 2.60. The van der Waals surface area contributed by atoms with E-state index in [1.54, 1.807) is 0 Å². The van der Waals surface area contributed by atoms with Crippen molar-refractivity contribution in [3.63, 3.8) is 0 Å². The van der Waals surface area contributed by atoms with E-state index in [9.17, 15) is 0 Å². The molecule has 3 heteroatoms. The van der Waals surface area contributed by atoms with E-state index in [-0.39, 0.29) is 6.10 Å². The fourth-order valence-corrected chi connectivity index (χ4v) is 1.56. The van der Waals surface area contributed by atoms with Crippen LogP contribution in [-0.4, -0.2) is 15.9 Å². The third-order valence-electron chi connectivity index (χ3n) is 2.16. The summed E-state index contributed by atoms with van der Waals surface area (Å²) in [6.07, 6.45) is 0.151. The molecule has 0 aliphatic carbocycles. The molecule has 2 rings (SSSR count). The molecule has 0 spiro atoms. The summed E-state index contributed by atoms with van der Waals surface area (Å²) in [5.74, 6) is 0.790. The first-order valence-corrected chi connectivity index (χ1v) is 5.45. The SMILES string of the molecule is Cc1cc(OC(C)C)n(-c2ccccc2)n1. The van der Waals surface area contributed by atoms with Crippen molar-refractivity contribution < 1.29 is 4.74 Å². The third-order valence-corrected chi connectivity index (χ3v) is 2.16. The van der Waals surface area contributed by atoms with Gasteiger partial charge in [-0.15, -0.1) is 0 Å². The molecule has 2 aromatic rings. The van der Waals surface area contributed by atoms with Gasteiger partial charge < -0.3 is 4.74 Å². The molecule has 16 heavy (non-hydrogen) atoms. The molecule has 0 saturated carbocycles. The van der Waals surface area contributed by atoms with Crippen LogP contribution < -0.4 is 4.74 Å². The summed E-state index contributed by atoms with van der Waals surface area (Å²) < 4.78 is 7.55. The maximum atomic E-state index is 5.72. The summed E-state index contributed by atoms with van der Waals surface area (Å²) in [7, 11) is 0. The topological polar surface area (TPSA) is 27.1 Å². The Morgan fingerprint density at radius 3 is 2.50 bits per heavy atom. The van der Waals surface area contributed by atoms with Crippen molar-refractivity contribution >= 4 is 0 Å². The Balaban J connectivity index is 2.40. The number of ether oxygens (including phenoxy) is 1. The van der Waals surface area contributed by atoms with Crippen molar-refractivity contribution in [3.8, 4) is 11.6 Å². The van der Waals surface area contributed by atoms with Crippen molar-refractivity contribution in [2.75, 3.05) is 0 Å². The molecular weight excluding hydrogens is 200 g/mol. The maximum absolute atomic E-state index is 5.72. The van der Waals surface area contributed by atoms with Crippen molar-refractivity contribution in [2.45, 2.75) is 26.9 Å². The Kier molecular flexibility index (Phi) is 2.95. The summed E-state index contributed by atoms with van der Waals surface area (Å²) in [6, 6.07) is 12.0. The van der Waals surface area contributed by atoms with Crippen LogP contribution in [0.4, 0.5) is 0 Å². The number of hydrogen-bond acceptors (Lipinski definition) is 2. The van der Waals surface area contributed by atoms with E-state index in [0.29, 0.717) is 0 Å². The quantitative estimate of drug-likeness (QED) is 0.788. The number of benzene rings is 1. The minimum Gasteiger partial charge on any atom is -0.475 e. The molecule has 3 nitrogen and oxygen atoms in total. The van der Waals surface area contributed by atoms with E-state index in [1.165, 1.54) is 0 Å². The van der Waals surface area contributed by atoms with Gasteiger partial charge in [0.1, 0.15) is 0 Å². The highest BCUT2D eigenvalue weighted by Crippen LogP contribution is 2.19. The molecular formula is C13H16N2O. The van der Waals surface area contributed by atoms with Crippen LogP contribution >= 0.6 is 0 Å². The van der Waals surface area contributed by atoms with Crippen molar-refractivity contribution in [3.05, 3.63) is 42.1 Å². The van der Waals surface area contributed by atoms with Gasteiger partial charge in [-0.05, 0) is 32.9 Å². The van der Waals surface area contributed by atoms with E-state index in [4.69, 9.17) is 4.74 Å². The van der Waals surface area contributed by atoms with Gasteiger partial charge in [0.2, 0.25) is 5.88 Å². The van der Waals surface area contributed by atoms with Crippen LogP contribution in [0.3, 0.4) is 0 Å². The van der Waals surface area contributed by atoms with Crippen molar-refractivity contribution in [1.29, 1.82) is 0 Å². The fraction of sp³-hybridized carbons (Fsp3) is 0.308. The van der Waals surface area contributed by atoms with Crippen LogP contribution in [0.1, 0.15) is 19.5 Å². The van der Waals surface area contributed by atoms with Gasteiger partial charge in [0.15, 0.2) is 0 Å². The summed E-state index contributed by atoms with van der Waals surface area (Å²) in [4.78, 5) is 0.